The molecule has 0 amide bonds. The summed E-state index contributed by atoms with van der Waals surface area (Å²) < 4.78 is 7.35. The first-order valence-corrected chi connectivity index (χ1v) is 5.88. The summed E-state index contributed by atoms with van der Waals surface area (Å²) in [7, 11) is 0. The maximum atomic E-state index is 5.71. The number of nitrogens with zero attached hydrogens (tertiary/aromatic N) is 1. The molecular weight excluding hydrogens is 322 g/mol. The van der Waals surface area contributed by atoms with Crippen LogP contribution in [0.3, 0.4) is 0 Å². The van der Waals surface area contributed by atoms with Crippen LogP contribution in [0.1, 0.15) is 0 Å². The molecule has 0 N–H and O–H groups in total. The third kappa shape index (κ3) is 2.58. The van der Waals surface area contributed by atoms with Crippen LogP contribution in [0.15, 0.2) is 51.7 Å². The molecule has 0 spiro atoms. The Morgan fingerprint density at radius 2 is 1.53 bits per heavy atom. The van der Waals surface area contributed by atoms with Crippen LogP contribution in [0, 0.1) is 0 Å². The van der Waals surface area contributed by atoms with E-state index in [-0.39, 0.29) is 0 Å². The Balaban J connectivity index is 2.32. The van der Waals surface area contributed by atoms with E-state index in [1.807, 2.05) is 30.3 Å². The molecule has 1 aromatic carbocycles. The maximum absolute atomic E-state index is 5.71. The van der Waals surface area contributed by atoms with E-state index in [4.69, 9.17) is 4.74 Å². The van der Waals surface area contributed by atoms with Crippen molar-refractivity contribution in [2.45, 2.75) is 0 Å². The summed E-state index contributed by atoms with van der Waals surface area (Å²) in [6, 6.07) is 9.61. The predicted octanol–water partition coefficient (Wildman–Crippen LogP) is 4.40. The molecule has 0 bridgehead atoms. The molecule has 76 valence electrons. The third-order valence-corrected chi connectivity index (χ3v) is 2.90. The van der Waals surface area contributed by atoms with Crippen molar-refractivity contribution in [3.05, 3.63) is 51.7 Å². The molecular formula is C11H7Br2NO. The highest BCUT2D eigenvalue weighted by Crippen LogP contribution is 2.35. The van der Waals surface area contributed by atoms with Gasteiger partial charge in [0, 0.05) is 12.4 Å². The van der Waals surface area contributed by atoms with Gasteiger partial charge in [-0.2, -0.15) is 0 Å². The SMILES string of the molecule is Brc1cncc(Br)c1Oc1ccccc1. The molecule has 15 heavy (non-hydrogen) atoms. The van der Waals surface area contributed by atoms with Crippen molar-refractivity contribution >= 4 is 31.9 Å². The average Bonchev–Trinajstić information content (AvgIpc) is 2.25. The van der Waals surface area contributed by atoms with Gasteiger partial charge < -0.3 is 4.74 Å². The van der Waals surface area contributed by atoms with Gasteiger partial charge in [-0.15, -0.1) is 0 Å². The van der Waals surface area contributed by atoms with Crippen LogP contribution in [0.2, 0.25) is 0 Å². The normalized spacial score (nSPS) is 10.0. The first kappa shape index (κ1) is 10.6. The Morgan fingerprint density at radius 1 is 0.933 bits per heavy atom. The van der Waals surface area contributed by atoms with E-state index in [0.717, 1.165) is 20.4 Å². The monoisotopic (exact) mass is 327 g/mol. The minimum Gasteiger partial charge on any atom is -0.455 e. The third-order valence-electron chi connectivity index (χ3n) is 1.77. The van der Waals surface area contributed by atoms with E-state index in [9.17, 15) is 0 Å². The first-order valence-electron chi connectivity index (χ1n) is 4.29. The topological polar surface area (TPSA) is 22.1 Å². The van der Waals surface area contributed by atoms with Crippen LogP contribution >= 0.6 is 31.9 Å². The number of aromatic nitrogens is 1. The van der Waals surface area contributed by atoms with Crippen LogP contribution in [0.5, 0.6) is 11.5 Å². The van der Waals surface area contributed by atoms with E-state index in [0.29, 0.717) is 0 Å². The number of ether oxygens (including phenoxy) is 1. The van der Waals surface area contributed by atoms with Crippen LogP contribution < -0.4 is 4.74 Å². The number of hydrogen-bond donors (Lipinski definition) is 0. The lowest BCUT2D eigenvalue weighted by Gasteiger charge is -2.08. The van der Waals surface area contributed by atoms with Gasteiger partial charge in [-0.3, -0.25) is 4.98 Å². The zero-order chi connectivity index (χ0) is 10.7. The van der Waals surface area contributed by atoms with Gasteiger partial charge in [0.15, 0.2) is 5.75 Å². The Hall–Kier alpha value is -0.870. The molecule has 0 aliphatic heterocycles. The fraction of sp³-hybridized carbons (Fsp3) is 0. The van der Waals surface area contributed by atoms with Gasteiger partial charge in [0.1, 0.15) is 5.75 Å². The Morgan fingerprint density at radius 3 is 2.13 bits per heavy atom. The largest absolute Gasteiger partial charge is 0.455 e. The van der Waals surface area contributed by atoms with E-state index in [1.165, 1.54) is 0 Å². The number of rotatable bonds is 2. The van der Waals surface area contributed by atoms with Gasteiger partial charge >= 0.3 is 0 Å². The number of hydrogen-bond acceptors (Lipinski definition) is 2. The number of para-hydroxylation sites is 1. The highest BCUT2D eigenvalue weighted by atomic mass is 79.9. The van der Waals surface area contributed by atoms with E-state index in [2.05, 4.69) is 36.8 Å². The highest BCUT2D eigenvalue weighted by molar-refractivity contribution is 9.11. The Labute approximate surface area is 105 Å². The summed E-state index contributed by atoms with van der Waals surface area (Å²) in [6.07, 6.45) is 3.39. The summed E-state index contributed by atoms with van der Waals surface area (Å²) in [5.41, 5.74) is 0. The van der Waals surface area contributed by atoms with Gasteiger partial charge in [-0.1, -0.05) is 18.2 Å². The molecule has 0 aliphatic carbocycles. The molecule has 2 rings (SSSR count). The van der Waals surface area contributed by atoms with E-state index in [1.54, 1.807) is 12.4 Å². The molecule has 0 saturated heterocycles. The zero-order valence-corrected chi connectivity index (χ0v) is 10.8. The lowest BCUT2D eigenvalue weighted by molar-refractivity contribution is 0.475. The van der Waals surface area contributed by atoms with E-state index >= 15 is 0 Å². The van der Waals surface area contributed by atoms with Crippen LogP contribution in [0.4, 0.5) is 0 Å². The number of halogens is 2. The molecule has 0 aliphatic rings. The Kier molecular flexibility index (Phi) is 3.38. The van der Waals surface area contributed by atoms with Crippen molar-refractivity contribution in [1.82, 2.24) is 4.98 Å². The molecule has 2 aromatic rings. The van der Waals surface area contributed by atoms with Gasteiger partial charge in [-0.05, 0) is 44.0 Å². The quantitative estimate of drug-likeness (QED) is 0.815. The lowest BCUT2D eigenvalue weighted by Crippen LogP contribution is -1.87. The second-order valence-corrected chi connectivity index (χ2v) is 4.56. The molecule has 1 aromatic heterocycles. The first-order chi connectivity index (χ1) is 7.27. The number of pyridine rings is 1. The molecule has 0 fully saturated rings. The summed E-state index contributed by atoms with van der Waals surface area (Å²) in [5, 5.41) is 0. The van der Waals surface area contributed by atoms with Crippen molar-refractivity contribution in [2.75, 3.05) is 0 Å². The minimum atomic E-state index is 0.733. The molecule has 0 unspecified atom stereocenters. The second kappa shape index (κ2) is 4.77. The fourth-order valence-electron chi connectivity index (χ4n) is 1.10. The summed E-state index contributed by atoms with van der Waals surface area (Å²) in [6.45, 7) is 0. The maximum Gasteiger partial charge on any atom is 0.158 e. The van der Waals surface area contributed by atoms with Crippen LogP contribution in [0.25, 0.3) is 0 Å². The van der Waals surface area contributed by atoms with Crippen LogP contribution in [-0.4, -0.2) is 4.98 Å². The molecule has 2 nitrogen and oxygen atoms in total. The van der Waals surface area contributed by atoms with Gasteiger partial charge in [0.05, 0.1) is 8.95 Å². The van der Waals surface area contributed by atoms with Gasteiger partial charge in [-0.25, -0.2) is 0 Å². The molecule has 1 heterocycles. The van der Waals surface area contributed by atoms with Crippen molar-refractivity contribution in [3.63, 3.8) is 0 Å². The minimum absolute atomic E-state index is 0.733. The van der Waals surface area contributed by atoms with Crippen LogP contribution in [-0.2, 0) is 0 Å². The summed E-state index contributed by atoms with van der Waals surface area (Å²) >= 11 is 6.77. The summed E-state index contributed by atoms with van der Waals surface area (Å²) in [4.78, 5) is 4.01. The highest BCUT2D eigenvalue weighted by Gasteiger charge is 2.07. The van der Waals surface area contributed by atoms with Gasteiger partial charge in [0.25, 0.3) is 0 Å². The van der Waals surface area contributed by atoms with Crippen molar-refractivity contribution < 1.29 is 4.74 Å². The molecule has 4 heteroatoms. The molecule has 0 radical (unpaired) electrons. The predicted molar refractivity (Wildman–Crippen MR) is 66.2 cm³/mol. The average molecular weight is 329 g/mol. The standard InChI is InChI=1S/C11H7Br2NO/c12-9-6-14-7-10(13)11(9)15-8-4-2-1-3-5-8/h1-7H. The van der Waals surface area contributed by atoms with Crippen molar-refractivity contribution in [2.24, 2.45) is 0 Å². The Bertz CT molecular complexity index is 439. The lowest BCUT2D eigenvalue weighted by atomic mass is 10.3. The smallest absolute Gasteiger partial charge is 0.158 e. The zero-order valence-electron chi connectivity index (χ0n) is 7.65. The second-order valence-electron chi connectivity index (χ2n) is 2.85. The van der Waals surface area contributed by atoms with Crippen molar-refractivity contribution in [1.29, 1.82) is 0 Å². The molecule has 0 saturated carbocycles. The fourth-order valence-corrected chi connectivity index (χ4v) is 2.19. The summed E-state index contributed by atoms with van der Waals surface area (Å²) in [5.74, 6) is 1.53. The number of benzene rings is 1. The van der Waals surface area contributed by atoms with Gasteiger partial charge in [0.2, 0.25) is 0 Å². The van der Waals surface area contributed by atoms with E-state index < -0.39 is 0 Å². The molecule has 0 atom stereocenters. The van der Waals surface area contributed by atoms with Crippen molar-refractivity contribution in [3.8, 4) is 11.5 Å².